The maximum atomic E-state index is 9.44. The van der Waals surface area contributed by atoms with E-state index < -0.39 is 0 Å². The van der Waals surface area contributed by atoms with Crippen LogP contribution in [0.5, 0.6) is 0 Å². The summed E-state index contributed by atoms with van der Waals surface area (Å²) in [5.41, 5.74) is 2.18. The lowest BCUT2D eigenvalue weighted by atomic mass is 9.95. The normalized spacial score (nSPS) is 22.9. The van der Waals surface area contributed by atoms with Gasteiger partial charge in [0.15, 0.2) is 0 Å². The Bertz CT molecular complexity index is 327. The Morgan fingerprint density at radius 1 is 1.62 bits per heavy atom. The number of allylic oxidation sites excluding steroid dienone is 1. The van der Waals surface area contributed by atoms with Crippen LogP contribution >= 0.6 is 0 Å². The molecule has 0 saturated carbocycles. The molecule has 0 saturated heterocycles. The zero-order chi connectivity index (χ0) is 9.26. The van der Waals surface area contributed by atoms with Crippen LogP contribution in [0.15, 0.2) is 18.3 Å². The van der Waals surface area contributed by atoms with Crippen LogP contribution in [0.2, 0.25) is 0 Å². The summed E-state index contributed by atoms with van der Waals surface area (Å²) in [4.78, 5) is 0. The van der Waals surface area contributed by atoms with Crippen molar-refractivity contribution in [1.29, 1.82) is 0 Å². The molecule has 1 N–H and O–H groups in total. The van der Waals surface area contributed by atoms with Gasteiger partial charge in [-0.1, -0.05) is 6.08 Å². The molecule has 0 radical (unpaired) electrons. The van der Waals surface area contributed by atoms with E-state index in [1.54, 1.807) is 4.68 Å². The molecule has 1 unspecified atom stereocenters. The van der Waals surface area contributed by atoms with Gasteiger partial charge in [0.2, 0.25) is 0 Å². The SMILES string of the molecule is Cn1ccc(C2=CC(O)CCC2)n1. The molecule has 1 aliphatic rings. The van der Waals surface area contributed by atoms with E-state index in [-0.39, 0.29) is 6.10 Å². The van der Waals surface area contributed by atoms with E-state index in [0.717, 1.165) is 25.0 Å². The molecule has 0 aromatic carbocycles. The van der Waals surface area contributed by atoms with Gasteiger partial charge < -0.3 is 5.11 Å². The summed E-state index contributed by atoms with van der Waals surface area (Å²) in [6.45, 7) is 0. The predicted molar refractivity (Wildman–Crippen MR) is 51.0 cm³/mol. The van der Waals surface area contributed by atoms with Crippen molar-refractivity contribution in [2.45, 2.75) is 25.4 Å². The number of aliphatic hydroxyl groups is 1. The molecule has 0 amide bonds. The fourth-order valence-electron chi connectivity index (χ4n) is 1.70. The highest BCUT2D eigenvalue weighted by Crippen LogP contribution is 2.25. The molecular weight excluding hydrogens is 164 g/mol. The van der Waals surface area contributed by atoms with E-state index in [9.17, 15) is 5.11 Å². The van der Waals surface area contributed by atoms with Crippen LogP contribution in [-0.2, 0) is 7.05 Å². The van der Waals surface area contributed by atoms with Crippen LogP contribution in [0, 0.1) is 0 Å². The number of rotatable bonds is 1. The molecule has 70 valence electrons. The summed E-state index contributed by atoms with van der Waals surface area (Å²) in [5.74, 6) is 0. The topological polar surface area (TPSA) is 38.0 Å². The van der Waals surface area contributed by atoms with Gasteiger partial charge in [0.25, 0.3) is 0 Å². The first-order valence-corrected chi connectivity index (χ1v) is 4.64. The molecule has 1 aromatic heterocycles. The highest BCUT2D eigenvalue weighted by Gasteiger charge is 2.13. The van der Waals surface area contributed by atoms with Crippen molar-refractivity contribution in [3.63, 3.8) is 0 Å². The average Bonchev–Trinajstić information content (AvgIpc) is 2.52. The monoisotopic (exact) mass is 178 g/mol. The smallest absolute Gasteiger partial charge is 0.0880 e. The minimum Gasteiger partial charge on any atom is -0.389 e. The molecule has 3 nitrogen and oxygen atoms in total. The minimum absolute atomic E-state index is 0.272. The van der Waals surface area contributed by atoms with Gasteiger partial charge in [0.05, 0.1) is 11.8 Å². The lowest BCUT2D eigenvalue weighted by Gasteiger charge is -2.15. The third-order valence-corrected chi connectivity index (χ3v) is 2.38. The number of hydrogen-bond donors (Lipinski definition) is 1. The van der Waals surface area contributed by atoms with E-state index in [1.807, 2.05) is 25.4 Å². The summed E-state index contributed by atoms with van der Waals surface area (Å²) in [6, 6.07) is 1.99. The van der Waals surface area contributed by atoms with Crippen molar-refractivity contribution in [1.82, 2.24) is 9.78 Å². The second-order valence-electron chi connectivity index (χ2n) is 3.53. The summed E-state index contributed by atoms with van der Waals surface area (Å²) in [7, 11) is 1.91. The van der Waals surface area contributed by atoms with Crippen molar-refractivity contribution in [2.24, 2.45) is 7.05 Å². The summed E-state index contributed by atoms with van der Waals surface area (Å²) in [5, 5.41) is 13.7. The van der Waals surface area contributed by atoms with Crippen LogP contribution in [-0.4, -0.2) is 21.0 Å². The van der Waals surface area contributed by atoms with Crippen LogP contribution in [0.3, 0.4) is 0 Å². The molecule has 0 spiro atoms. The predicted octanol–water partition coefficient (Wildman–Crippen LogP) is 1.35. The fourth-order valence-corrected chi connectivity index (χ4v) is 1.70. The Morgan fingerprint density at radius 3 is 3.08 bits per heavy atom. The molecule has 0 aliphatic heterocycles. The van der Waals surface area contributed by atoms with Crippen LogP contribution in [0.4, 0.5) is 0 Å². The number of aliphatic hydroxyl groups excluding tert-OH is 1. The molecule has 3 heteroatoms. The standard InChI is InChI=1S/C10H14N2O/c1-12-6-5-10(11-12)8-3-2-4-9(13)7-8/h5-7,9,13H,2-4H2,1H3. The Kier molecular flexibility index (Phi) is 2.19. The largest absolute Gasteiger partial charge is 0.389 e. The molecule has 1 heterocycles. The van der Waals surface area contributed by atoms with E-state index >= 15 is 0 Å². The Balaban J connectivity index is 2.25. The average molecular weight is 178 g/mol. The van der Waals surface area contributed by atoms with E-state index in [2.05, 4.69) is 5.10 Å². The maximum Gasteiger partial charge on any atom is 0.0880 e. The summed E-state index contributed by atoms with van der Waals surface area (Å²) >= 11 is 0. The Hall–Kier alpha value is -1.09. The quantitative estimate of drug-likeness (QED) is 0.705. The first-order valence-electron chi connectivity index (χ1n) is 4.64. The fraction of sp³-hybridized carbons (Fsp3) is 0.500. The number of nitrogens with zero attached hydrogens (tertiary/aromatic N) is 2. The first-order chi connectivity index (χ1) is 6.25. The van der Waals surface area contributed by atoms with Crippen molar-refractivity contribution < 1.29 is 5.11 Å². The van der Waals surface area contributed by atoms with Crippen molar-refractivity contribution >= 4 is 5.57 Å². The molecule has 1 aromatic rings. The number of aromatic nitrogens is 2. The molecule has 0 fully saturated rings. The molecule has 2 rings (SSSR count). The van der Waals surface area contributed by atoms with Crippen LogP contribution in [0.25, 0.3) is 5.57 Å². The zero-order valence-corrected chi connectivity index (χ0v) is 7.77. The van der Waals surface area contributed by atoms with Gasteiger partial charge in [-0.05, 0) is 30.9 Å². The highest BCUT2D eigenvalue weighted by atomic mass is 16.3. The van der Waals surface area contributed by atoms with Crippen molar-refractivity contribution in [2.75, 3.05) is 0 Å². The molecule has 1 atom stereocenters. The molecule has 0 bridgehead atoms. The lowest BCUT2D eigenvalue weighted by molar-refractivity contribution is 0.206. The molecule has 13 heavy (non-hydrogen) atoms. The van der Waals surface area contributed by atoms with Crippen LogP contribution in [0.1, 0.15) is 25.0 Å². The van der Waals surface area contributed by atoms with Gasteiger partial charge in [-0.15, -0.1) is 0 Å². The maximum absolute atomic E-state index is 9.44. The third kappa shape index (κ3) is 1.80. The van der Waals surface area contributed by atoms with Gasteiger partial charge in [-0.2, -0.15) is 5.10 Å². The molecular formula is C10H14N2O. The van der Waals surface area contributed by atoms with Crippen molar-refractivity contribution in [3.05, 3.63) is 24.0 Å². The lowest BCUT2D eigenvalue weighted by Crippen LogP contribution is -2.08. The van der Waals surface area contributed by atoms with Gasteiger partial charge >= 0.3 is 0 Å². The Labute approximate surface area is 77.7 Å². The second kappa shape index (κ2) is 3.34. The summed E-state index contributed by atoms with van der Waals surface area (Å²) < 4.78 is 1.79. The minimum atomic E-state index is -0.272. The zero-order valence-electron chi connectivity index (χ0n) is 7.77. The van der Waals surface area contributed by atoms with Crippen molar-refractivity contribution in [3.8, 4) is 0 Å². The van der Waals surface area contributed by atoms with E-state index in [4.69, 9.17) is 0 Å². The van der Waals surface area contributed by atoms with Gasteiger partial charge in [0, 0.05) is 13.2 Å². The first kappa shape index (κ1) is 8.51. The summed E-state index contributed by atoms with van der Waals surface area (Å²) in [6.07, 6.45) is 6.56. The van der Waals surface area contributed by atoms with Gasteiger partial charge in [-0.25, -0.2) is 0 Å². The van der Waals surface area contributed by atoms with E-state index in [0.29, 0.717) is 0 Å². The van der Waals surface area contributed by atoms with Crippen LogP contribution < -0.4 is 0 Å². The highest BCUT2D eigenvalue weighted by molar-refractivity contribution is 5.63. The van der Waals surface area contributed by atoms with Gasteiger partial charge in [0.1, 0.15) is 0 Å². The number of aryl methyl sites for hydroxylation is 1. The second-order valence-corrected chi connectivity index (χ2v) is 3.53. The Morgan fingerprint density at radius 2 is 2.46 bits per heavy atom. The molecule has 1 aliphatic carbocycles. The third-order valence-electron chi connectivity index (χ3n) is 2.38. The van der Waals surface area contributed by atoms with E-state index in [1.165, 1.54) is 5.57 Å². The van der Waals surface area contributed by atoms with Gasteiger partial charge in [-0.3, -0.25) is 4.68 Å². The number of hydrogen-bond acceptors (Lipinski definition) is 2.